The lowest BCUT2D eigenvalue weighted by atomic mass is 9.95. The van der Waals surface area contributed by atoms with Crippen molar-refractivity contribution in [2.45, 2.75) is 6.42 Å². The number of allylic oxidation sites excluding steroid dienone is 3. The maximum absolute atomic E-state index is 3.32. The van der Waals surface area contributed by atoms with E-state index >= 15 is 0 Å². The predicted octanol–water partition coefficient (Wildman–Crippen LogP) is 0.837. The lowest BCUT2D eigenvalue weighted by Gasteiger charge is -2.09. The van der Waals surface area contributed by atoms with E-state index in [0.717, 1.165) is 6.42 Å². The SMILES string of the molecule is C1=CC2=CC=c3ccccc3=C3NNC(=C23)C1. The van der Waals surface area contributed by atoms with Gasteiger partial charge in [0.15, 0.2) is 0 Å². The molecular formula is C15H12N2. The number of hydrogen-bond acceptors (Lipinski definition) is 2. The van der Waals surface area contributed by atoms with Crippen molar-refractivity contribution in [2.75, 3.05) is 0 Å². The fourth-order valence-electron chi connectivity index (χ4n) is 2.66. The average molecular weight is 220 g/mol. The third kappa shape index (κ3) is 1.15. The van der Waals surface area contributed by atoms with Gasteiger partial charge in [0.1, 0.15) is 0 Å². The molecule has 0 spiro atoms. The molecule has 0 bridgehead atoms. The molecule has 0 saturated heterocycles. The summed E-state index contributed by atoms with van der Waals surface area (Å²) in [6.07, 6.45) is 9.77. The standard InChI is InChI=1S/C15H12N2/c1-2-6-12-10(4-1)8-9-11-5-3-7-13-14(11)15(12)17-16-13/h1-6,8-9,16-17H,7H2. The second kappa shape index (κ2) is 3.14. The Labute approximate surface area is 99.3 Å². The van der Waals surface area contributed by atoms with Gasteiger partial charge in [0.25, 0.3) is 0 Å². The lowest BCUT2D eigenvalue weighted by molar-refractivity contribution is 0.763. The summed E-state index contributed by atoms with van der Waals surface area (Å²) in [4.78, 5) is 0. The van der Waals surface area contributed by atoms with Crippen LogP contribution in [0.15, 0.2) is 59.3 Å². The van der Waals surface area contributed by atoms with Gasteiger partial charge in [0.2, 0.25) is 0 Å². The smallest absolute Gasteiger partial charge is 0.0714 e. The summed E-state index contributed by atoms with van der Waals surface area (Å²) in [6.45, 7) is 0. The molecule has 2 nitrogen and oxygen atoms in total. The van der Waals surface area contributed by atoms with Crippen LogP contribution in [0.25, 0.3) is 11.8 Å². The minimum absolute atomic E-state index is 0.978. The van der Waals surface area contributed by atoms with Crippen molar-refractivity contribution in [3.05, 3.63) is 69.8 Å². The highest BCUT2D eigenvalue weighted by Gasteiger charge is 2.24. The van der Waals surface area contributed by atoms with Gasteiger partial charge in [0.05, 0.1) is 5.70 Å². The molecule has 0 amide bonds. The Bertz CT molecular complexity index is 718. The molecule has 2 N–H and O–H groups in total. The van der Waals surface area contributed by atoms with Crippen LogP contribution in [0.3, 0.4) is 0 Å². The van der Waals surface area contributed by atoms with E-state index in [1.807, 2.05) is 0 Å². The van der Waals surface area contributed by atoms with Gasteiger partial charge < -0.3 is 5.43 Å². The fraction of sp³-hybridized carbons (Fsp3) is 0.0667. The average Bonchev–Trinajstić information content (AvgIpc) is 2.73. The van der Waals surface area contributed by atoms with Gasteiger partial charge in [-0.3, -0.25) is 5.43 Å². The largest absolute Gasteiger partial charge is 0.304 e. The summed E-state index contributed by atoms with van der Waals surface area (Å²) in [5.41, 5.74) is 11.7. The highest BCUT2D eigenvalue weighted by Crippen LogP contribution is 2.31. The van der Waals surface area contributed by atoms with Crippen molar-refractivity contribution in [2.24, 2.45) is 0 Å². The van der Waals surface area contributed by atoms with Crippen LogP contribution < -0.4 is 21.3 Å². The van der Waals surface area contributed by atoms with Crippen molar-refractivity contribution in [3.63, 3.8) is 0 Å². The molecule has 4 rings (SSSR count). The molecule has 0 fully saturated rings. The zero-order valence-electron chi connectivity index (χ0n) is 9.33. The maximum Gasteiger partial charge on any atom is 0.0714 e. The number of benzene rings is 1. The van der Waals surface area contributed by atoms with Gasteiger partial charge in [-0.2, -0.15) is 0 Å². The first-order valence-electron chi connectivity index (χ1n) is 5.87. The van der Waals surface area contributed by atoms with Gasteiger partial charge >= 0.3 is 0 Å². The van der Waals surface area contributed by atoms with Crippen molar-refractivity contribution in [3.8, 4) is 0 Å². The second-order valence-electron chi connectivity index (χ2n) is 4.46. The molecule has 2 heteroatoms. The molecule has 0 unspecified atom stereocenters. The van der Waals surface area contributed by atoms with Crippen molar-refractivity contribution in [1.29, 1.82) is 0 Å². The molecule has 1 aromatic rings. The highest BCUT2D eigenvalue weighted by atomic mass is 15.4. The first-order chi connectivity index (χ1) is 8.43. The van der Waals surface area contributed by atoms with E-state index in [2.05, 4.69) is 59.4 Å². The van der Waals surface area contributed by atoms with E-state index < -0.39 is 0 Å². The fourth-order valence-corrected chi connectivity index (χ4v) is 2.66. The quantitative estimate of drug-likeness (QED) is 0.677. The topological polar surface area (TPSA) is 24.1 Å². The van der Waals surface area contributed by atoms with Crippen LogP contribution in [0, 0.1) is 0 Å². The molecular weight excluding hydrogens is 208 g/mol. The second-order valence-corrected chi connectivity index (χ2v) is 4.46. The van der Waals surface area contributed by atoms with E-state index in [-0.39, 0.29) is 0 Å². The molecule has 0 atom stereocenters. The van der Waals surface area contributed by atoms with Gasteiger partial charge in [-0.15, -0.1) is 0 Å². The number of fused-ring (bicyclic) bond motifs is 1. The van der Waals surface area contributed by atoms with E-state index in [1.165, 1.54) is 33.0 Å². The van der Waals surface area contributed by atoms with Crippen LogP contribution in [-0.4, -0.2) is 0 Å². The highest BCUT2D eigenvalue weighted by molar-refractivity contribution is 5.79. The van der Waals surface area contributed by atoms with Gasteiger partial charge in [-0.25, -0.2) is 0 Å². The molecule has 2 aliphatic carbocycles. The Morgan fingerprint density at radius 1 is 1.00 bits per heavy atom. The molecule has 1 aliphatic heterocycles. The molecule has 0 radical (unpaired) electrons. The zero-order chi connectivity index (χ0) is 11.2. The Hall–Kier alpha value is -2.22. The van der Waals surface area contributed by atoms with Crippen LogP contribution >= 0.6 is 0 Å². The van der Waals surface area contributed by atoms with Crippen LogP contribution in [0.5, 0.6) is 0 Å². The van der Waals surface area contributed by atoms with Crippen LogP contribution in [0.2, 0.25) is 0 Å². The van der Waals surface area contributed by atoms with E-state index in [9.17, 15) is 0 Å². The maximum atomic E-state index is 3.32. The summed E-state index contributed by atoms with van der Waals surface area (Å²) in [6, 6.07) is 8.49. The number of hydrazine groups is 1. The summed E-state index contributed by atoms with van der Waals surface area (Å²) >= 11 is 0. The molecule has 17 heavy (non-hydrogen) atoms. The van der Waals surface area contributed by atoms with Crippen molar-refractivity contribution < 1.29 is 0 Å². The van der Waals surface area contributed by atoms with Gasteiger partial charge in [-0.1, -0.05) is 48.6 Å². The summed E-state index contributed by atoms with van der Waals surface area (Å²) in [7, 11) is 0. The molecule has 0 saturated carbocycles. The third-order valence-corrected chi connectivity index (χ3v) is 3.47. The first-order valence-corrected chi connectivity index (χ1v) is 5.87. The summed E-state index contributed by atoms with van der Waals surface area (Å²) in [5.74, 6) is 0. The Balaban J connectivity index is 2.18. The number of nitrogens with one attached hydrogen (secondary N) is 2. The summed E-state index contributed by atoms with van der Waals surface area (Å²) in [5, 5.41) is 2.53. The monoisotopic (exact) mass is 220 g/mol. The van der Waals surface area contributed by atoms with Crippen LogP contribution in [0.4, 0.5) is 0 Å². The minimum Gasteiger partial charge on any atom is -0.304 e. The Morgan fingerprint density at radius 3 is 2.94 bits per heavy atom. The van der Waals surface area contributed by atoms with Crippen LogP contribution in [0.1, 0.15) is 6.42 Å². The lowest BCUT2D eigenvalue weighted by Crippen LogP contribution is -2.32. The molecule has 82 valence electrons. The Morgan fingerprint density at radius 2 is 1.94 bits per heavy atom. The number of rotatable bonds is 0. The normalized spacial score (nSPS) is 19.5. The Kier molecular flexibility index (Phi) is 1.64. The van der Waals surface area contributed by atoms with Gasteiger partial charge in [-0.05, 0) is 10.8 Å². The van der Waals surface area contributed by atoms with E-state index in [4.69, 9.17) is 0 Å². The zero-order valence-corrected chi connectivity index (χ0v) is 9.33. The molecule has 0 aromatic heterocycles. The van der Waals surface area contributed by atoms with Crippen LogP contribution in [-0.2, 0) is 0 Å². The molecule has 3 aliphatic rings. The number of hydrogen-bond donors (Lipinski definition) is 2. The molecule has 1 heterocycles. The summed E-state index contributed by atoms with van der Waals surface area (Å²) < 4.78 is 0. The van der Waals surface area contributed by atoms with E-state index in [1.54, 1.807) is 0 Å². The van der Waals surface area contributed by atoms with Crippen molar-refractivity contribution in [1.82, 2.24) is 10.9 Å². The third-order valence-electron chi connectivity index (χ3n) is 3.47. The molecule has 1 aromatic carbocycles. The van der Waals surface area contributed by atoms with Crippen molar-refractivity contribution >= 4 is 11.8 Å². The van der Waals surface area contributed by atoms with Gasteiger partial charge in [0, 0.05) is 22.9 Å². The predicted molar refractivity (Wildman–Crippen MR) is 68.7 cm³/mol. The minimum atomic E-state index is 0.978. The van der Waals surface area contributed by atoms with E-state index in [0.29, 0.717) is 0 Å². The first kappa shape index (κ1) is 8.88.